The van der Waals surface area contributed by atoms with Crippen molar-refractivity contribution in [2.45, 2.75) is 30.1 Å². The van der Waals surface area contributed by atoms with Gasteiger partial charge in [0.05, 0.1) is 10.4 Å². The summed E-state index contributed by atoms with van der Waals surface area (Å²) >= 11 is 0. The van der Waals surface area contributed by atoms with Gasteiger partial charge in [0.2, 0.25) is 9.84 Å². The average molecular weight is 277 g/mol. The molecule has 1 fully saturated rings. The van der Waals surface area contributed by atoms with Crippen molar-refractivity contribution in [2.24, 2.45) is 0 Å². The lowest BCUT2D eigenvalue weighted by Gasteiger charge is -2.13. The number of rotatable bonds is 2. The highest BCUT2D eigenvalue weighted by atomic mass is 32.2. The van der Waals surface area contributed by atoms with Crippen molar-refractivity contribution in [3.63, 3.8) is 0 Å². The van der Waals surface area contributed by atoms with E-state index in [1.54, 1.807) is 12.1 Å². The molecule has 0 amide bonds. The first kappa shape index (κ1) is 12.6. The number of benzene rings is 1. The minimum atomic E-state index is -3.44. The second-order valence-corrected chi connectivity index (χ2v) is 6.82. The molecule has 0 bridgehead atoms. The van der Waals surface area contributed by atoms with E-state index in [1.807, 2.05) is 25.1 Å². The van der Waals surface area contributed by atoms with E-state index in [2.05, 4.69) is 4.98 Å². The first-order valence-corrected chi connectivity index (χ1v) is 7.85. The molecule has 19 heavy (non-hydrogen) atoms. The normalized spacial score (nSPS) is 19.9. The lowest BCUT2D eigenvalue weighted by Crippen LogP contribution is -2.20. The van der Waals surface area contributed by atoms with E-state index in [9.17, 15) is 8.42 Å². The third kappa shape index (κ3) is 2.13. The highest BCUT2D eigenvalue weighted by Crippen LogP contribution is 2.29. The Balaban J connectivity index is 2.19. The summed E-state index contributed by atoms with van der Waals surface area (Å²) in [6.07, 6.45) is 1.37. The Bertz CT molecular complexity index is 719. The van der Waals surface area contributed by atoms with Crippen LogP contribution in [0.2, 0.25) is 0 Å². The standard InChI is InChI=1S/C14H15NO3S/c1-10-7-8-11-12(15-10)4-2-5-13(11)19(16,17)14-6-3-9-18-14/h2,4-5,7-8,14H,3,6,9H2,1H3. The highest BCUT2D eigenvalue weighted by molar-refractivity contribution is 7.92. The molecular formula is C14H15NO3S. The van der Waals surface area contributed by atoms with Gasteiger partial charge in [-0.25, -0.2) is 8.42 Å². The van der Waals surface area contributed by atoms with Crippen molar-refractivity contribution >= 4 is 20.7 Å². The van der Waals surface area contributed by atoms with Crippen LogP contribution in [0.4, 0.5) is 0 Å². The van der Waals surface area contributed by atoms with Crippen molar-refractivity contribution in [3.8, 4) is 0 Å². The zero-order valence-corrected chi connectivity index (χ0v) is 11.5. The van der Waals surface area contributed by atoms with Crippen LogP contribution in [-0.2, 0) is 14.6 Å². The van der Waals surface area contributed by atoms with Crippen LogP contribution in [-0.4, -0.2) is 25.4 Å². The average Bonchev–Trinajstić information content (AvgIpc) is 2.92. The van der Waals surface area contributed by atoms with E-state index in [0.29, 0.717) is 28.8 Å². The number of nitrogens with zero attached hydrogens (tertiary/aromatic N) is 1. The molecule has 0 saturated carbocycles. The Labute approximate surface area is 112 Å². The van der Waals surface area contributed by atoms with Crippen molar-refractivity contribution in [1.82, 2.24) is 4.98 Å². The van der Waals surface area contributed by atoms with E-state index >= 15 is 0 Å². The number of pyridine rings is 1. The van der Waals surface area contributed by atoms with Crippen LogP contribution in [0, 0.1) is 6.92 Å². The number of ether oxygens (including phenoxy) is 1. The fourth-order valence-electron chi connectivity index (χ4n) is 2.41. The number of fused-ring (bicyclic) bond motifs is 1. The van der Waals surface area contributed by atoms with Gasteiger partial charge in [-0.15, -0.1) is 0 Å². The van der Waals surface area contributed by atoms with Gasteiger partial charge in [-0.1, -0.05) is 6.07 Å². The molecule has 100 valence electrons. The van der Waals surface area contributed by atoms with Gasteiger partial charge in [0.25, 0.3) is 0 Å². The molecule has 4 nitrogen and oxygen atoms in total. The molecule has 5 heteroatoms. The van der Waals surface area contributed by atoms with Gasteiger partial charge in [0, 0.05) is 17.7 Å². The molecule has 1 aliphatic rings. The van der Waals surface area contributed by atoms with Crippen LogP contribution in [0.15, 0.2) is 35.2 Å². The Hall–Kier alpha value is -1.46. The summed E-state index contributed by atoms with van der Waals surface area (Å²) in [6, 6.07) is 8.85. The van der Waals surface area contributed by atoms with Crippen LogP contribution in [0.1, 0.15) is 18.5 Å². The molecule has 0 N–H and O–H groups in total. The first-order valence-electron chi connectivity index (χ1n) is 6.31. The molecule has 3 rings (SSSR count). The van der Waals surface area contributed by atoms with E-state index in [4.69, 9.17) is 4.74 Å². The lowest BCUT2D eigenvalue weighted by atomic mass is 10.2. The smallest absolute Gasteiger partial charge is 0.205 e. The SMILES string of the molecule is Cc1ccc2c(S(=O)(=O)C3CCCO3)cccc2n1. The van der Waals surface area contributed by atoms with Crippen LogP contribution in [0.5, 0.6) is 0 Å². The van der Waals surface area contributed by atoms with Gasteiger partial charge in [0.1, 0.15) is 0 Å². The monoisotopic (exact) mass is 277 g/mol. The van der Waals surface area contributed by atoms with Gasteiger partial charge in [-0.3, -0.25) is 4.98 Å². The van der Waals surface area contributed by atoms with Gasteiger partial charge in [0.15, 0.2) is 5.44 Å². The second kappa shape index (κ2) is 4.58. The molecule has 0 spiro atoms. The van der Waals surface area contributed by atoms with Crippen LogP contribution in [0.3, 0.4) is 0 Å². The molecule has 1 unspecified atom stereocenters. The zero-order chi connectivity index (χ0) is 13.5. The maximum absolute atomic E-state index is 12.6. The third-order valence-electron chi connectivity index (χ3n) is 3.37. The Morgan fingerprint density at radius 3 is 2.84 bits per heavy atom. The quantitative estimate of drug-likeness (QED) is 0.846. The predicted octanol–water partition coefficient (Wildman–Crippen LogP) is 2.45. The maximum Gasteiger partial charge on any atom is 0.205 e. The van der Waals surface area contributed by atoms with Crippen LogP contribution >= 0.6 is 0 Å². The largest absolute Gasteiger partial charge is 0.362 e. The first-order chi connectivity index (χ1) is 9.09. The minimum absolute atomic E-state index is 0.324. The molecule has 1 aromatic carbocycles. The van der Waals surface area contributed by atoms with E-state index in [0.717, 1.165) is 12.1 Å². The van der Waals surface area contributed by atoms with Gasteiger partial charge in [-0.05, 0) is 44.0 Å². The van der Waals surface area contributed by atoms with E-state index in [-0.39, 0.29) is 0 Å². The lowest BCUT2D eigenvalue weighted by molar-refractivity contribution is 0.165. The Morgan fingerprint density at radius 1 is 1.26 bits per heavy atom. The maximum atomic E-state index is 12.6. The fraction of sp³-hybridized carbons (Fsp3) is 0.357. The predicted molar refractivity (Wildman–Crippen MR) is 72.6 cm³/mol. The second-order valence-electron chi connectivity index (χ2n) is 4.76. The molecule has 2 heterocycles. The van der Waals surface area contributed by atoms with E-state index in [1.165, 1.54) is 0 Å². The molecule has 1 aliphatic heterocycles. The van der Waals surface area contributed by atoms with Gasteiger partial charge in [-0.2, -0.15) is 0 Å². The van der Waals surface area contributed by atoms with Crippen molar-refractivity contribution in [3.05, 3.63) is 36.0 Å². The number of hydrogen-bond donors (Lipinski definition) is 0. The summed E-state index contributed by atoms with van der Waals surface area (Å²) < 4.78 is 30.5. The zero-order valence-electron chi connectivity index (χ0n) is 10.7. The summed E-state index contributed by atoms with van der Waals surface area (Å²) in [7, 11) is -3.44. The fourth-order valence-corrected chi connectivity index (χ4v) is 4.19. The van der Waals surface area contributed by atoms with Crippen molar-refractivity contribution < 1.29 is 13.2 Å². The molecule has 1 aromatic heterocycles. The topological polar surface area (TPSA) is 56.3 Å². The third-order valence-corrected chi connectivity index (χ3v) is 5.40. The molecule has 1 saturated heterocycles. The summed E-state index contributed by atoms with van der Waals surface area (Å²) in [5.74, 6) is 0. The van der Waals surface area contributed by atoms with Gasteiger partial charge < -0.3 is 4.74 Å². The number of aromatic nitrogens is 1. The number of hydrogen-bond acceptors (Lipinski definition) is 4. The van der Waals surface area contributed by atoms with Crippen molar-refractivity contribution in [1.29, 1.82) is 0 Å². The van der Waals surface area contributed by atoms with Crippen LogP contribution < -0.4 is 0 Å². The molecular weight excluding hydrogens is 262 g/mol. The molecule has 0 radical (unpaired) electrons. The minimum Gasteiger partial charge on any atom is -0.362 e. The summed E-state index contributed by atoms with van der Waals surface area (Å²) in [4.78, 5) is 4.69. The highest BCUT2D eigenvalue weighted by Gasteiger charge is 2.32. The van der Waals surface area contributed by atoms with Gasteiger partial charge >= 0.3 is 0 Å². The molecule has 0 aliphatic carbocycles. The van der Waals surface area contributed by atoms with Crippen molar-refractivity contribution in [2.75, 3.05) is 6.61 Å². The van der Waals surface area contributed by atoms with E-state index < -0.39 is 15.3 Å². The number of aryl methyl sites for hydroxylation is 1. The summed E-state index contributed by atoms with van der Waals surface area (Å²) in [5.41, 5.74) is 0.873. The number of sulfone groups is 1. The molecule has 2 aromatic rings. The Kier molecular flexibility index (Phi) is 3.03. The summed E-state index contributed by atoms with van der Waals surface area (Å²) in [6.45, 7) is 2.41. The van der Waals surface area contributed by atoms with Crippen LogP contribution in [0.25, 0.3) is 10.9 Å². The Morgan fingerprint density at radius 2 is 2.11 bits per heavy atom. The molecule has 1 atom stereocenters. The summed E-state index contributed by atoms with van der Waals surface area (Å²) in [5, 5.41) is 0.670.